The Bertz CT molecular complexity index is 458. The Morgan fingerprint density at radius 1 is 1.56 bits per heavy atom. The first-order chi connectivity index (χ1) is 7.59. The molecular weight excluding hydrogens is 208 g/mol. The first kappa shape index (κ1) is 10.5. The lowest BCUT2D eigenvalue weighted by atomic mass is 9.88. The van der Waals surface area contributed by atoms with E-state index in [1.54, 1.807) is 12.2 Å². The van der Waals surface area contributed by atoms with E-state index in [9.17, 15) is 9.90 Å². The van der Waals surface area contributed by atoms with Gasteiger partial charge in [-0.1, -0.05) is 12.2 Å². The minimum atomic E-state index is -0.850. The molecule has 2 aliphatic rings. The maximum Gasteiger partial charge on any atom is 0.303 e. The van der Waals surface area contributed by atoms with Gasteiger partial charge in [0.15, 0.2) is 11.6 Å². The Labute approximate surface area is 92.3 Å². The van der Waals surface area contributed by atoms with Gasteiger partial charge in [0.25, 0.3) is 0 Å². The van der Waals surface area contributed by atoms with E-state index in [2.05, 4.69) is 4.99 Å². The molecule has 1 aliphatic heterocycles. The Morgan fingerprint density at radius 2 is 2.31 bits per heavy atom. The summed E-state index contributed by atoms with van der Waals surface area (Å²) in [5.41, 5.74) is 6.79. The molecule has 0 aromatic carbocycles. The molecule has 0 saturated heterocycles. The predicted molar refractivity (Wildman–Crippen MR) is 58.9 cm³/mol. The number of aliphatic hydroxyl groups excluding tert-OH is 1. The van der Waals surface area contributed by atoms with Gasteiger partial charge in [0.05, 0.1) is 5.70 Å². The van der Waals surface area contributed by atoms with Crippen LogP contribution in [0.3, 0.4) is 0 Å². The van der Waals surface area contributed by atoms with Crippen molar-refractivity contribution in [3.8, 4) is 0 Å². The lowest BCUT2D eigenvalue weighted by Crippen LogP contribution is -2.14. The number of amidine groups is 1. The fourth-order valence-corrected chi connectivity index (χ4v) is 1.89. The van der Waals surface area contributed by atoms with Crippen molar-refractivity contribution in [2.45, 2.75) is 12.8 Å². The highest BCUT2D eigenvalue weighted by atomic mass is 16.4. The Kier molecular flexibility index (Phi) is 2.52. The lowest BCUT2D eigenvalue weighted by molar-refractivity contribution is -0.137. The zero-order valence-electron chi connectivity index (χ0n) is 8.55. The number of aliphatic carboxylic acids is 1. The second-order valence-corrected chi connectivity index (χ2v) is 3.74. The van der Waals surface area contributed by atoms with Crippen LogP contribution in [0.15, 0.2) is 40.2 Å². The van der Waals surface area contributed by atoms with Crippen molar-refractivity contribution < 1.29 is 15.0 Å². The summed E-state index contributed by atoms with van der Waals surface area (Å²) >= 11 is 0. The second kappa shape index (κ2) is 3.84. The molecule has 0 aromatic heterocycles. The van der Waals surface area contributed by atoms with Crippen LogP contribution in [0.25, 0.3) is 0 Å². The quantitative estimate of drug-likeness (QED) is 0.663. The van der Waals surface area contributed by atoms with Crippen LogP contribution < -0.4 is 5.73 Å². The molecular formula is C11H12N2O3. The molecule has 0 fully saturated rings. The maximum absolute atomic E-state index is 10.5. The van der Waals surface area contributed by atoms with E-state index >= 15 is 0 Å². The minimum Gasteiger partial charge on any atom is -0.504 e. The van der Waals surface area contributed by atoms with E-state index < -0.39 is 5.97 Å². The van der Waals surface area contributed by atoms with Crippen molar-refractivity contribution in [2.75, 3.05) is 0 Å². The Hall–Kier alpha value is -2.04. The summed E-state index contributed by atoms with van der Waals surface area (Å²) in [5.74, 6) is -0.895. The average Bonchev–Trinajstić information content (AvgIpc) is 2.52. The highest BCUT2D eigenvalue weighted by molar-refractivity contribution is 6.00. The molecule has 0 saturated carbocycles. The number of nitrogens with two attached hydrogens (primary N) is 1. The Morgan fingerprint density at radius 3 is 3.00 bits per heavy atom. The summed E-state index contributed by atoms with van der Waals surface area (Å²) in [6, 6.07) is 0. The third kappa shape index (κ3) is 1.71. The molecule has 1 heterocycles. The number of carboxylic acid groups (broad SMARTS) is 1. The van der Waals surface area contributed by atoms with Crippen LogP contribution in [0.5, 0.6) is 0 Å². The van der Waals surface area contributed by atoms with Gasteiger partial charge < -0.3 is 15.9 Å². The topological polar surface area (TPSA) is 95.9 Å². The second-order valence-electron chi connectivity index (χ2n) is 3.74. The molecule has 5 nitrogen and oxygen atoms in total. The van der Waals surface area contributed by atoms with Gasteiger partial charge in [-0.25, -0.2) is 4.99 Å². The number of fused-ring (bicyclic) bond motifs is 1. The van der Waals surface area contributed by atoms with E-state index in [0.29, 0.717) is 17.7 Å². The van der Waals surface area contributed by atoms with E-state index in [4.69, 9.17) is 10.8 Å². The van der Waals surface area contributed by atoms with Crippen LogP contribution in [0.1, 0.15) is 12.8 Å². The largest absolute Gasteiger partial charge is 0.504 e. The number of rotatable bonds is 3. The maximum atomic E-state index is 10.5. The molecule has 16 heavy (non-hydrogen) atoms. The van der Waals surface area contributed by atoms with Gasteiger partial charge in [-0.15, -0.1) is 0 Å². The first-order valence-corrected chi connectivity index (χ1v) is 4.98. The smallest absolute Gasteiger partial charge is 0.303 e. The molecule has 84 valence electrons. The molecule has 4 N–H and O–H groups in total. The standard InChI is InChI=1S/C11H12N2O3/c12-11-10(16)9-6(4-5-8(14)15)2-1-3-7(9)13-11/h1-3,6,16H,4-5H2,(H2,12,13)(H,14,15). The van der Waals surface area contributed by atoms with E-state index in [0.717, 1.165) is 0 Å². The monoisotopic (exact) mass is 220 g/mol. The molecule has 5 heteroatoms. The number of hydrogen-bond donors (Lipinski definition) is 3. The number of allylic oxidation sites excluding steroid dienone is 4. The number of carbonyl (C=O) groups is 1. The van der Waals surface area contributed by atoms with Crippen LogP contribution in [0.2, 0.25) is 0 Å². The summed E-state index contributed by atoms with van der Waals surface area (Å²) in [6.07, 6.45) is 5.90. The number of nitrogens with zero attached hydrogens (tertiary/aromatic N) is 1. The minimum absolute atomic E-state index is 0.0222. The highest BCUT2D eigenvalue weighted by Gasteiger charge is 2.28. The first-order valence-electron chi connectivity index (χ1n) is 4.98. The van der Waals surface area contributed by atoms with Gasteiger partial charge in [0.1, 0.15) is 0 Å². The summed E-state index contributed by atoms with van der Waals surface area (Å²) in [5, 5.41) is 18.4. The van der Waals surface area contributed by atoms with Crippen LogP contribution in [-0.2, 0) is 4.79 Å². The number of carboxylic acids is 1. The lowest BCUT2D eigenvalue weighted by Gasteiger charge is -2.17. The van der Waals surface area contributed by atoms with E-state index in [-0.39, 0.29) is 23.9 Å². The zero-order chi connectivity index (χ0) is 11.7. The third-order valence-corrected chi connectivity index (χ3v) is 2.65. The van der Waals surface area contributed by atoms with Crippen LogP contribution >= 0.6 is 0 Å². The van der Waals surface area contributed by atoms with E-state index in [1.165, 1.54) is 0 Å². The molecule has 1 aliphatic carbocycles. The fraction of sp³-hybridized carbons (Fsp3) is 0.273. The SMILES string of the molecule is NC1=NC2=CC=CC(CCC(=O)O)C2=C1O. The molecule has 0 spiro atoms. The average molecular weight is 220 g/mol. The van der Waals surface area contributed by atoms with Crippen molar-refractivity contribution in [3.63, 3.8) is 0 Å². The summed E-state index contributed by atoms with van der Waals surface area (Å²) in [7, 11) is 0. The molecule has 0 bridgehead atoms. The van der Waals surface area contributed by atoms with Gasteiger partial charge in [0, 0.05) is 17.9 Å². The van der Waals surface area contributed by atoms with Gasteiger partial charge in [-0.2, -0.15) is 0 Å². The number of aliphatic hydroxyl groups is 1. The van der Waals surface area contributed by atoms with Crippen LogP contribution in [-0.4, -0.2) is 22.0 Å². The molecule has 0 aromatic rings. The molecule has 1 unspecified atom stereocenters. The normalized spacial score (nSPS) is 22.9. The fourth-order valence-electron chi connectivity index (χ4n) is 1.89. The molecule has 1 atom stereocenters. The van der Waals surface area contributed by atoms with Crippen molar-refractivity contribution in [2.24, 2.45) is 16.6 Å². The van der Waals surface area contributed by atoms with Gasteiger partial charge in [-0.05, 0) is 12.5 Å². The molecule has 0 radical (unpaired) electrons. The van der Waals surface area contributed by atoms with Crippen LogP contribution in [0, 0.1) is 5.92 Å². The molecule has 0 amide bonds. The number of aliphatic imine (C=N–C) groups is 1. The Balaban J connectivity index is 2.21. The summed E-state index contributed by atoms with van der Waals surface area (Å²) in [4.78, 5) is 14.5. The van der Waals surface area contributed by atoms with Gasteiger partial charge in [-0.3, -0.25) is 4.79 Å². The zero-order valence-corrected chi connectivity index (χ0v) is 8.55. The van der Waals surface area contributed by atoms with Crippen molar-refractivity contribution in [3.05, 3.63) is 35.3 Å². The number of hydrogen-bond acceptors (Lipinski definition) is 4. The summed E-state index contributed by atoms with van der Waals surface area (Å²) in [6.45, 7) is 0. The highest BCUT2D eigenvalue weighted by Crippen LogP contribution is 2.35. The molecule has 2 rings (SSSR count). The predicted octanol–water partition coefficient (Wildman–Crippen LogP) is 1.10. The van der Waals surface area contributed by atoms with Crippen molar-refractivity contribution in [1.29, 1.82) is 0 Å². The van der Waals surface area contributed by atoms with Crippen LogP contribution in [0.4, 0.5) is 0 Å². The summed E-state index contributed by atoms with van der Waals surface area (Å²) < 4.78 is 0. The van der Waals surface area contributed by atoms with E-state index in [1.807, 2.05) is 6.08 Å². The van der Waals surface area contributed by atoms with Gasteiger partial charge in [0.2, 0.25) is 0 Å². The third-order valence-electron chi connectivity index (χ3n) is 2.65. The van der Waals surface area contributed by atoms with Crippen molar-refractivity contribution in [1.82, 2.24) is 0 Å². The van der Waals surface area contributed by atoms with Gasteiger partial charge >= 0.3 is 5.97 Å². The van der Waals surface area contributed by atoms with Crippen molar-refractivity contribution >= 4 is 11.8 Å².